The fraction of sp³-hybridized carbons (Fsp3) is 0.250. The van der Waals surface area contributed by atoms with Crippen LogP contribution in [0.3, 0.4) is 0 Å². The average Bonchev–Trinajstić information content (AvgIpc) is 3.30. The van der Waals surface area contributed by atoms with E-state index >= 15 is 0 Å². The minimum Gasteiger partial charge on any atom is -0.287 e. The van der Waals surface area contributed by atoms with Gasteiger partial charge in [-0.25, -0.2) is 0 Å². The van der Waals surface area contributed by atoms with Gasteiger partial charge >= 0.3 is 0 Å². The Bertz CT molecular complexity index is 778. The van der Waals surface area contributed by atoms with Gasteiger partial charge in [0.05, 0.1) is 16.7 Å². The van der Waals surface area contributed by atoms with E-state index in [9.17, 15) is 19.2 Å². The molecule has 0 unspecified atom stereocenters. The quantitative estimate of drug-likeness (QED) is 0.851. The maximum atomic E-state index is 11.7. The van der Waals surface area contributed by atoms with Crippen molar-refractivity contribution in [3.05, 3.63) is 43.8 Å². The molecule has 0 saturated carbocycles. The van der Waals surface area contributed by atoms with Gasteiger partial charge in [0.1, 0.15) is 4.88 Å². The largest absolute Gasteiger partial charge is 0.287 e. The highest BCUT2D eigenvalue weighted by atomic mass is 32.1. The number of fused-ring (bicyclic) bond motifs is 2. The van der Waals surface area contributed by atoms with Gasteiger partial charge in [0, 0.05) is 17.3 Å². The number of imide groups is 2. The first kappa shape index (κ1) is 16.5. The Morgan fingerprint density at radius 1 is 1.00 bits per heavy atom. The Morgan fingerprint density at radius 2 is 1.67 bits per heavy atom. The summed E-state index contributed by atoms with van der Waals surface area (Å²) in [6.45, 7) is 2.59. The van der Waals surface area contributed by atoms with Crippen LogP contribution in [0.4, 0.5) is 0 Å². The Labute approximate surface area is 146 Å². The lowest BCUT2D eigenvalue weighted by Gasteiger charge is -2.12. The monoisotopic (exact) mass is 362 g/mol. The molecule has 2 aliphatic heterocycles. The molecule has 4 heterocycles. The lowest BCUT2D eigenvalue weighted by atomic mass is 10.2. The number of carbonyl (C=O) groups is 4. The Kier molecular flexibility index (Phi) is 4.59. The van der Waals surface area contributed by atoms with Crippen LogP contribution in [0, 0.1) is 0 Å². The summed E-state index contributed by atoms with van der Waals surface area (Å²) in [5.74, 6) is -0.796. The minimum atomic E-state index is -0.277. The predicted molar refractivity (Wildman–Crippen MR) is 90.7 cm³/mol. The number of carbonyl (C=O) groups excluding carboxylic acids is 4. The Hall–Kier alpha value is -2.32. The molecule has 124 valence electrons. The molecule has 0 saturated heterocycles. The fourth-order valence-electron chi connectivity index (χ4n) is 2.42. The minimum absolute atomic E-state index is 0.125. The highest BCUT2D eigenvalue weighted by Crippen LogP contribution is 2.26. The van der Waals surface area contributed by atoms with Crippen LogP contribution < -0.4 is 5.32 Å². The van der Waals surface area contributed by atoms with E-state index in [1.165, 1.54) is 27.6 Å². The summed E-state index contributed by atoms with van der Waals surface area (Å²) in [6.07, 6.45) is 1.87. The summed E-state index contributed by atoms with van der Waals surface area (Å²) in [4.78, 5) is 46.9. The van der Waals surface area contributed by atoms with Gasteiger partial charge in [0.15, 0.2) is 0 Å². The first-order valence-electron chi connectivity index (χ1n) is 7.40. The lowest BCUT2D eigenvalue weighted by Crippen LogP contribution is -2.30. The number of hydrogen-bond acceptors (Lipinski definition) is 6. The number of amides is 4. The third kappa shape index (κ3) is 2.78. The van der Waals surface area contributed by atoms with Crippen molar-refractivity contribution in [1.29, 1.82) is 0 Å². The summed E-state index contributed by atoms with van der Waals surface area (Å²) in [6, 6.07) is 1.65. The molecule has 2 aromatic heterocycles. The molecule has 0 aromatic carbocycles. The van der Waals surface area contributed by atoms with E-state index in [1.807, 2.05) is 6.92 Å². The number of rotatable bonds is 3. The predicted octanol–water partition coefficient (Wildman–Crippen LogP) is 2.78. The van der Waals surface area contributed by atoms with Gasteiger partial charge in [-0.05, 0) is 17.9 Å². The standard InChI is InChI=1S/C10H11NO2S.C6H3NO2S/c1-2-3-4-11-9(12)7-5-14-6-8(7)10(11)13;8-5-3-1-2-10-4(3)6(9)7-5/h5-6H,2-4H2,1H3;1-2H,(H,7,8,9). The molecule has 0 fully saturated rings. The zero-order valence-electron chi connectivity index (χ0n) is 12.8. The van der Waals surface area contributed by atoms with Crippen molar-refractivity contribution in [2.75, 3.05) is 6.54 Å². The molecule has 0 spiro atoms. The molecule has 8 heteroatoms. The van der Waals surface area contributed by atoms with Gasteiger partial charge in [0.25, 0.3) is 23.6 Å². The molecule has 2 aromatic rings. The van der Waals surface area contributed by atoms with Crippen molar-refractivity contribution in [2.24, 2.45) is 0 Å². The summed E-state index contributed by atoms with van der Waals surface area (Å²) in [5.41, 5.74) is 1.67. The summed E-state index contributed by atoms with van der Waals surface area (Å²) in [7, 11) is 0. The second kappa shape index (κ2) is 6.66. The van der Waals surface area contributed by atoms with Crippen molar-refractivity contribution in [1.82, 2.24) is 10.2 Å². The normalized spacial score (nSPS) is 15.1. The van der Waals surface area contributed by atoms with E-state index in [0.717, 1.165) is 12.8 Å². The van der Waals surface area contributed by atoms with E-state index in [2.05, 4.69) is 5.32 Å². The van der Waals surface area contributed by atoms with Crippen molar-refractivity contribution < 1.29 is 19.2 Å². The molecule has 0 bridgehead atoms. The maximum Gasteiger partial charge on any atom is 0.269 e. The van der Waals surface area contributed by atoms with Gasteiger partial charge in [-0.2, -0.15) is 11.3 Å². The van der Waals surface area contributed by atoms with E-state index < -0.39 is 0 Å². The summed E-state index contributed by atoms with van der Waals surface area (Å²) in [5, 5.41) is 7.44. The smallest absolute Gasteiger partial charge is 0.269 e. The number of unbranched alkanes of at least 4 members (excludes halogenated alkanes) is 1. The maximum absolute atomic E-state index is 11.7. The van der Waals surface area contributed by atoms with Gasteiger partial charge in [-0.3, -0.25) is 29.4 Å². The van der Waals surface area contributed by atoms with Crippen LogP contribution in [0.15, 0.2) is 22.2 Å². The van der Waals surface area contributed by atoms with E-state index in [-0.39, 0.29) is 23.6 Å². The molecular weight excluding hydrogens is 348 g/mol. The molecule has 2 aliphatic rings. The number of nitrogens with one attached hydrogen (secondary N) is 1. The average molecular weight is 362 g/mol. The van der Waals surface area contributed by atoms with E-state index in [4.69, 9.17) is 0 Å². The van der Waals surface area contributed by atoms with Crippen LogP contribution in [-0.4, -0.2) is 35.1 Å². The van der Waals surface area contributed by atoms with Crippen molar-refractivity contribution in [2.45, 2.75) is 19.8 Å². The number of thiophene rings is 2. The molecule has 0 aliphatic carbocycles. The molecule has 6 nitrogen and oxygen atoms in total. The van der Waals surface area contributed by atoms with Crippen molar-refractivity contribution in [3.63, 3.8) is 0 Å². The zero-order chi connectivity index (χ0) is 17.3. The van der Waals surface area contributed by atoms with Crippen LogP contribution in [0.1, 0.15) is 60.5 Å². The number of nitrogens with zero attached hydrogens (tertiary/aromatic N) is 1. The first-order valence-corrected chi connectivity index (χ1v) is 9.22. The fourth-order valence-corrected chi connectivity index (χ4v) is 4.00. The highest BCUT2D eigenvalue weighted by molar-refractivity contribution is 7.12. The van der Waals surface area contributed by atoms with Crippen molar-refractivity contribution >= 4 is 46.3 Å². The van der Waals surface area contributed by atoms with Crippen LogP contribution in [0.5, 0.6) is 0 Å². The zero-order valence-corrected chi connectivity index (χ0v) is 14.5. The van der Waals surface area contributed by atoms with Gasteiger partial charge in [-0.1, -0.05) is 13.3 Å². The van der Waals surface area contributed by atoms with Crippen LogP contribution >= 0.6 is 22.7 Å². The van der Waals surface area contributed by atoms with Crippen LogP contribution in [0.2, 0.25) is 0 Å². The molecular formula is C16H14N2O4S2. The Morgan fingerprint density at radius 3 is 2.25 bits per heavy atom. The second-order valence-electron chi connectivity index (χ2n) is 5.26. The summed E-state index contributed by atoms with van der Waals surface area (Å²) >= 11 is 2.70. The second-order valence-corrected chi connectivity index (χ2v) is 6.92. The SMILES string of the molecule is CCCCN1C(=O)c2cscc2C1=O.O=C1NC(=O)c2sccc21. The van der Waals surface area contributed by atoms with Gasteiger partial charge in [0.2, 0.25) is 0 Å². The molecule has 24 heavy (non-hydrogen) atoms. The third-order valence-electron chi connectivity index (χ3n) is 3.69. The third-order valence-corrected chi connectivity index (χ3v) is 5.35. The first-order chi connectivity index (χ1) is 11.5. The lowest BCUT2D eigenvalue weighted by molar-refractivity contribution is 0.0651. The number of hydrogen-bond donors (Lipinski definition) is 1. The molecule has 0 atom stereocenters. The van der Waals surface area contributed by atoms with Crippen LogP contribution in [0.25, 0.3) is 0 Å². The van der Waals surface area contributed by atoms with E-state index in [1.54, 1.807) is 22.2 Å². The van der Waals surface area contributed by atoms with Gasteiger partial charge < -0.3 is 0 Å². The summed E-state index contributed by atoms with van der Waals surface area (Å²) < 4.78 is 0. The molecule has 4 rings (SSSR count). The van der Waals surface area contributed by atoms with E-state index in [0.29, 0.717) is 28.1 Å². The highest BCUT2D eigenvalue weighted by Gasteiger charge is 2.35. The molecule has 1 N–H and O–H groups in total. The molecule has 4 amide bonds. The van der Waals surface area contributed by atoms with Crippen molar-refractivity contribution in [3.8, 4) is 0 Å². The molecule has 0 radical (unpaired) electrons. The van der Waals surface area contributed by atoms with Crippen LogP contribution in [-0.2, 0) is 0 Å². The van der Waals surface area contributed by atoms with Gasteiger partial charge in [-0.15, -0.1) is 11.3 Å². The Balaban J connectivity index is 0.000000149. The topological polar surface area (TPSA) is 83.6 Å².